The molecule has 0 saturated heterocycles. The van der Waals surface area contributed by atoms with Crippen LogP contribution in [0, 0.1) is 5.92 Å². The molecule has 0 unspecified atom stereocenters. The molecule has 1 N–H and O–H groups in total. The number of alkyl halides is 3. The average Bonchev–Trinajstić information content (AvgIpc) is 2.25. The predicted octanol–water partition coefficient (Wildman–Crippen LogP) is 3.56. The van der Waals surface area contributed by atoms with Crippen LogP contribution in [0.1, 0.15) is 5.56 Å². The Morgan fingerprint density at radius 3 is 2.53 bits per heavy atom. The van der Waals surface area contributed by atoms with Gasteiger partial charge in [0.25, 0.3) is 0 Å². The molecule has 0 aromatic heterocycles. The van der Waals surface area contributed by atoms with Crippen LogP contribution in [0.25, 0.3) is 0 Å². The minimum Gasteiger partial charge on any atom is -0.481 e. The molecule has 0 fully saturated rings. The molecule has 1 aliphatic heterocycles. The smallest absolute Gasteiger partial charge is 0.426 e. The van der Waals surface area contributed by atoms with Crippen molar-refractivity contribution in [2.75, 3.05) is 0 Å². The van der Waals surface area contributed by atoms with Crippen LogP contribution in [-0.4, -0.2) is 23.4 Å². The predicted molar refractivity (Wildman–Crippen MR) is 61.8 cm³/mol. The molecule has 0 bridgehead atoms. The lowest BCUT2D eigenvalue weighted by Gasteiger charge is -2.33. The van der Waals surface area contributed by atoms with E-state index < -0.39 is 24.2 Å². The van der Waals surface area contributed by atoms with Gasteiger partial charge >= 0.3 is 12.1 Å². The average molecular weight is 315 g/mol. The maximum Gasteiger partial charge on any atom is 0.426 e. The van der Waals surface area contributed by atoms with Crippen molar-refractivity contribution in [2.45, 2.75) is 18.7 Å². The van der Waals surface area contributed by atoms with Crippen LogP contribution in [0.15, 0.2) is 12.1 Å². The van der Waals surface area contributed by atoms with Crippen LogP contribution in [-0.2, 0) is 11.2 Å². The zero-order chi connectivity index (χ0) is 14.4. The molecule has 1 aromatic rings. The van der Waals surface area contributed by atoms with Gasteiger partial charge in [-0.15, -0.1) is 0 Å². The third-order valence-corrected chi connectivity index (χ3v) is 3.27. The van der Waals surface area contributed by atoms with E-state index in [1.54, 1.807) is 0 Å². The van der Waals surface area contributed by atoms with Crippen molar-refractivity contribution in [1.82, 2.24) is 0 Å². The van der Waals surface area contributed by atoms with Crippen molar-refractivity contribution in [3.63, 3.8) is 0 Å². The Morgan fingerprint density at radius 1 is 1.37 bits per heavy atom. The number of carbonyl (C=O) groups is 1. The number of hydrogen-bond donors (Lipinski definition) is 1. The van der Waals surface area contributed by atoms with Crippen LogP contribution in [0.3, 0.4) is 0 Å². The summed E-state index contributed by atoms with van der Waals surface area (Å²) < 4.78 is 43.2. The zero-order valence-corrected chi connectivity index (χ0v) is 10.7. The molecule has 3 nitrogen and oxygen atoms in total. The number of benzene rings is 1. The second-order valence-corrected chi connectivity index (χ2v) is 4.95. The van der Waals surface area contributed by atoms with Crippen molar-refractivity contribution in [2.24, 2.45) is 5.92 Å². The number of carboxylic acid groups (broad SMARTS) is 1. The Balaban J connectivity index is 2.48. The molecular formula is C11H7Cl2F3O3. The monoisotopic (exact) mass is 314 g/mol. The lowest BCUT2D eigenvalue weighted by Crippen LogP contribution is -2.47. The maximum atomic E-state index is 12.8. The second-order valence-electron chi connectivity index (χ2n) is 4.10. The summed E-state index contributed by atoms with van der Waals surface area (Å²) in [5.74, 6) is -3.46. The summed E-state index contributed by atoms with van der Waals surface area (Å²) in [4.78, 5) is 10.9. The first-order valence-electron chi connectivity index (χ1n) is 5.14. The van der Waals surface area contributed by atoms with Crippen LogP contribution in [0.4, 0.5) is 13.2 Å². The van der Waals surface area contributed by atoms with Gasteiger partial charge in [-0.25, -0.2) is 0 Å². The van der Waals surface area contributed by atoms with Crippen LogP contribution in [0.2, 0.25) is 10.0 Å². The Kier molecular flexibility index (Phi) is 3.57. The van der Waals surface area contributed by atoms with Gasteiger partial charge in [-0.3, -0.25) is 4.79 Å². The first kappa shape index (κ1) is 14.3. The minimum atomic E-state index is -4.79. The number of ether oxygens (including phenoxy) is 1. The molecular weight excluding hydrogens is 308 g/mol. The molecule has 2 atom stereocenters. The third-order valence-electron chi connectivity index (χ3n) is 2.78. The highest BCUT2D eigenvalue weighted by atomic mass is 35.5. The first-order valence-corrected chi connectivity index (χ1v) is 5.90. The molecule has 2 rings (SSSR count). The maximum absolute atomic E-state index is 12.8. The molecule has 0 saturated carbocycles. The van der Waals surface area contributed by atoms with E-state index in [1.165, 1.54) is 12.1 Å². The molecule has 1 aliphatic rings. The number of hydrogen-bond acceptors (Lipinski definition) is 2. The molecule has 0 spiro atoms. The molecule has 0 aliphatic carbocycles. The van der Waals surface area contributed by atoms with Gasteiger partial charge in [-0.2, -0.15) is 13.2 Å². The molecule has 1 aromatic carbocycles. The fourth-order valence-corrected chi connectivity index (χ4v) is 2.54. The largest absolute Gasteiger partial charge is 0.481 e. The van der Waals surface area contributed by atoms with Crippen LogP contribution >= 0.6 is 23.2 Å². The van der Waals surface area contributed by atoms with Gasteiger partial charge in [0.2, 0.25) is 6.10 Å². The highest BCUT2D eigenvalue weighted by Crippen LogP contribution is 2.43. The Hall–Kier alpha value is -1.14. The molecule has 0 amide bonds. The topological polar surface area (TPSA) is 46.5 Å². The number of rotatable bonds is 1. The quantitative estimate of drug-likeness (QED) is 0.862. The van der Waals surface area contributed by atoms with E-state index in [4.69, 9.17) is 33.0 Å². The summed E-state index contributed by atoms with van der Waals surface area (Å²) in [5, 5.41) is 9.03. The van der Waals surface area contributed by atoms with Crippen molar-refractivity contribution in [1.29, 1.82) is 0 Å². The van der Waals surface area contributed by atoms with Gasteiger partial charge < -0.3 is 9.84 Å². The molecule has 0 radical (unpaired) electrons. The molecule has 1 heterocycles. The summed E-state index contributed by atoms with van der Waals surface area (Å²) >= 11 is 11.5. The lowest BCUT2D eigenvalue weighted by atomic mass is 9.90. The third kappa shape index (κ3) is 2.74. The van der Waals surface area contributed by atoms with Crippen LogP contribution < -0.4 is 4.74 Å². The van der Waals surface area contributed by atoms with E-state index in [-0.39, 0.29) is 27.8 Å². The Bertz CT molecular complexity index is 531. The fourth-order valence-electron chi connectivity index (χ4n) is 1.96. The molecule has 104 valence electrons. The van der Waals surface area contributed by atoms with Gasteiger partial charge in [0, 0.05) is 5.02 Å². The standard InChI is InChI=1S/C11H7Cl2F3O3/c12-5-1-4-2-6(10(17)18)9(11(14,15)16)19-8(4)7(13)3-5/h1,3,6,9H,2H2,(H,17,18)/t6-,9-/m1/s1. The summed E-state index contributed by atoms with van der Waals surface area (Å²) in [5.41, 5.74) is 0.255. The first-order chi connectivity index (χ1) is 8.70. The van der Waals surface area contributed by atoms with Crippen molar-refractivity contribution in [3.05, 3.63) is 27.7 Å². The van der Waals surface area contributed by atoms with Crippen molar-refractivity contribution < 1.29 is 27.8 Å². The van der Waals surface area contributed by atoms with E-state index in [9.17, 15) is 18.0 Å². The summed E-state index contributed by atoms with van der Waals surface area (Å²) in [6.07, 6.45) is -7.55. The van der Waals surface area contributed by atoms with Gasteiger partial charge in [-0.1, -0.05) is 23.2 Å². The highest BCUT2D eigenvalue weighted by molar-refractivity contribution is 6.35. The van der Waals surface area contributed by atoms with E-state index in [2.05, 4.69) is 0 Å². The molecule has 8 heteroatoms. The van der Waals surface area contributed by atoms with Crippen molar-refractivity contribution in [3.8, 4) is 5.75 Å². The van der Waals surface area contributed by atoms with E-state index in [0.29, 0.717) is 0 Å². The summed E-state index contributed by atoms with van der Waals surface area (Å²) in [6, 6.07) is 2.60. The normalized spacial score (nSPS) is 22.6. The van der Waals surface area contributed by atoms with Crippen molar-refractivity contribution >= 4 is 29.2 Å². The minimum absolute atomic E-state index is 0.0689. The molecule has 19 heavy (non-hydrogen) atoms. The number of carboxylic acids is 1. The second kappa shape index (κ2) is 4.76. The number of aliphatic carboxylic acids is 1. The Labute approximate surface area is 115 Å². The highest BCUT2D eigenvalue weighted by Gasteiger charge is 2.52. The number of fused-ring (bicyclic) bond motifs is 1. The Morgan fingerprint density at radius 2 is 2.00 bits per heavy atom. The van der Waals surface area contributed by atoms with E-state index in [1.807, 2.05) is 0 Å². The summed E-state index contributed by atoms with van der Waals surface area (Å²) in [7, 11) is 0. The van der Waals surface area contributed by atoms with Gasteiger partial charge in [0.05, 0.1) is 5.02 Å². The number of halogens is 5. The SMILES string of the molecule is O=C(O)[C@@H]1Cc2cc(Cl)cc(Cl)c2O[C@H]1C(F)(F)F. The van der Waals surface area contributed by atoms with E-state index in [0.717, 1.165) is 0 Å². The zero-order valence-electron chi connectivity index (χ0n) is 9.17. The van der Waals surface area contributed by atoms with Gasteiger partial charge in [0.15, 0.2) is 0 Å². The van der Waals surface area contributed by atoms with E-state index >= 15 is 0 Å². The van der Waals surface area contributed by atoms with Gasteiger partial charge in [0.1, 0.15) is 11.7 Å². The summed E-state index contributed by atoms with van der Waals surface area (Å²) in [6.45, 7) is 0. The van der Waals surface area contributed by atoms with Gasteiger partial charge in [-0.05, 0) is 24.1 Å². The lowest BCUT2D eigenvalue weighted by molar-refractivity contribution is -0.217. The fraction of sp³-hybridized carbons (Fsp3) is 0.364. The van der Waals surface area contributed by atoms with Crippen LogP contribution in [0.5, 0.6) is 5.75 Å².